The summed E-state index contributed by atoms with van der Waals surface area (Å²) in [4.78, 5) is 22.0. The quantitative estimate of drug-likeness (QED) is 0.798. The monoisotopic (exact) mass is 321 g/mol. The number of aliphatic hydroxyl groups excluding tert-OH is 1. The van der Waals surface area contributed by atoms with Crippen molar-refractivity contribution in [3.63, 3.8) is 0 Å². The molecule has 0 amide bonds. The zero-order valence-electron chi connectivity index (χ0n) is 12.5. The molecular formula is C15H19N3O3S. The van der Waals surface area contributed by atoms with E-state index in [9.17, 15) is 15.0 Å². The second kappa shape index (κ2) is 5.81. The van der Waals surface area contributed by atoms with Crippen molar-refractivity contribution < 1.29 is 15.0 Å². The van der Waals surface area contributed by atoms with Crippen LogP contribution in [0.4, 0.5) is 5.82 Å². The number of fused-ring (bicyclic) bond motifs is 3. The van der Waals surface area contributed by atoms with Gasteiger partial charge in [0, 0.05) is 4.88 Å². The highest BCUT2D eigenvalue weighted by molar-refractivity contribution is 7.19. The van der Waals surface area contributed by atoms with Crippen LogP contribution < -0.4 is 5.32 Å². The molecular weight excluding hydrogens is 302 g/mol. The number of thiophene rings is 1. The molecule has 0 aliphatic heterocycles. The van der Waals surface area contributed by atoms with Crippen LogP contribution in [0.15, 0.2) is 6.33 Å². The summed E-state index contributed by atoms with van der Waals surface area (Å²) in [6.07, 6.45) is 3.54. The first-order valence-electron chi connectivity index (χ1n) is 7.40. The van der Waals surface area contributed by atoms with E-state index in [0.29, 0.717) is 11.7 Å². The van der Waals surface area contributed by atoms with E-state index in [1.54, 1.807) is 11.3 Å². The van der Waals surface area contributed by atoms with Crippen molar-refractivity contribution in [2.24, 2.45) is 5.92 Å². The predicted molar refractivity (Wildman–Crippen MR) is 85.3 cm³/mol. The average Bonchev–Trinajstić information content (AvgIpc) is 2.81. The maximum atomic E-state index is 11.3. The third-order valence-electron chi connectivity index (χ3n) is 4.13. The molecule has 0 aromatic carbocycles. The lowest BCUT2D eigenvalue weighted by Crippen LogP contribution is -2.39. The lowest BCUT2D eigenvalue weighted by molar-refractivity contribution is -0.140. The summed E-state index contributed by atoms with van der Waals surface area (Å²) >= 11 is 1.66. The molecule has 0 bridgehead atoms. The van der Waals surface area contributed by atoms with Crippen LogP contribution in [0.2, 0.25) is 0 Å². The van der Waals surface area contributed by atoms with E-state index in [0.717, 1.165) is 29.5 Å². The van der Waals surface area contributed by atoms with E-state index < -0.39 is 18.1 Å². The van der Waals surface area contributed by atoms with Gasteiger partial charge in [0.2, 0.25) is 0 Å². The van der Waals surface area contributed by atoms with Crippen molar-refractivity contribution >= 4 is 33.3 Å². The number of nitrogens with one attached hydrogen (secondary N) is 1. The number of aliphatic carboxylic acids is 1. The standard InChI is InChI=1S/C15H19N3O3S/c1-7-3-4-9-10(5-7)22-14-11(9)13(16-6-17-14)18-12(8(2)19)15(20)21/h6-8,12,19H,3-5H2,1-2H3,(H,20,21)(H,16,17,18). The largest absolute Gasteiger partial charge is 0.480 e. The van der Waals surface area contributed by atoms with Gasteiger partial charge in [-0.15, -0.1) is 11.3 Å². The van der Waals surface area contributed by atoms with Gasteiger partial charge < -0.3 is 15.5 Å². The number of aryl methyl sites for hydroxylation is 1. The average molecular weight is 321 g/mol. The number of hydrogen-bond donors (Lipinski definition) is 3. The van der Waals surface area contributed by atoms with Gasteiger partial charge in [-0.3, -0.25) is 0 Å². The zero-order valence-corrected chi connectivity index (χ0v) is 13.4. The molecule has 22 heavy (non-hydrogen) atoms. The van der Waals surface area contributed by atoms with Gasteiger partial charge in [0.25, 0.3) is 0 Å². The van der Waals surface area contributed by atoms with Crippen LogP contribution >= 0.6 is 11.3 Å². The summed E-state index contributed by atoms with van der Waals surface area (Å²) in [7, 11) is 0. The van der Waals surface area contributed by atoms with Crippen molar-refractivity contribution in [1.29, 1.82) is 0 Å². The van der Waals surface area contributed by atoms with Crippen molar-refractivity contribution in [2.45, 2.75) is 45.3 Å². The van der Waals surface area contributed by atoms with Gasteiger partial charge in [0.15, 0.2) is 6.04 Å². The number of anilines is 1. The van der Waals surface area contributed by atoms with E-state index in [4.69, 9.17) is 0 Å². The van der Waals surface area contributed by atoms with E-state index in [2.05, 4.69) is 22.2 Å². The Bertz CT molecular complexity index is 713. The number of carboxylic acids is 1. The summed E-state index contributed by atoms with van der Waals surface area (Å²) in [5.41, 5.74) is 1.23. The molecule has 1 aliphatic carbocycles. The molecule has 2 heterocycles. The molecule has 3 unspecified atom stereocenters. The second-order valence-electron chi connectivity index (χ2n) is 5.96. The third-order valence-corrected chi connectivity index (χ3v) is 5.29. The van der Waals surface area contributed by atoms with E-state index in [1.807, 2.05) is 0 Å². The fraction of sp³-hybridized carbons (Fsp3) is 0.533. The highest BCUT2D eigenvalue weighted by atomic mass is 32.1. The molecule has 0 spiro atoms. The van der Waals surface area contributed by atoms with Crippen LogP contribution in [0.25, 0.3) is 10.2 Å². The zero-order chi connectivity index (χ0) is 15.9. The number of rotatable bonds is 4. The van der Waals surface area contributed by atoms with Gasteiger partial charge >= 0.3 is 5.97 Å². The topological polar surface area (TPSA) is 95.3 Å². The Kier molecular flexibility index (Phi) is 4.01. The summed E-state index contributed by atoms with van der Waals surface area (Å²) in [5.74, 6) is 0.0685. The summed E-state index contributed by atoms with van der Waals surface area (Å²) in [6.45, 7) is 3.70. The first-order valence-corrected chi connectivity index (χ1v) is 8.21. The molecule has 0 fully saturated rings. The number of aromatic nitrogens is 2. The molecule has 3 atom stereocenters. The summed E-state index contributed by atoms with van der Waals surface area (Å²) < 4.78 is 0. The van der Waals surface area contributed by atoms with Gasteiger partial charge in [-0.25, -0.2) is 14.8 Å². The first-order chi connectivity index (χ1) is 10.5. The molecule has 1 aliphatic rings. The van der Waals surface area contributed by atoms with Gasteiger partial charge in [-0.05, 0) is 37.7 Å². The number of carbonyl (C=O) groups is 1. The van der Waals surface area contributed by atoms with Gasteiger partial charge in [-0.2, -0.15) is 0 Å². The van der Waals surface area contributed by atoms with Crippen LogP contribution in [0.1, 0.15) is 30.7 Å². The number of nitrogens with zero attached hydrogens (tertiary/aromatic N) is 2. The molecule has 118 valence electrons. The van der Waals surface area contributed by atoms with Gasteiger partial charge in [0.1, 0.15) is 17.0 Å². The van der Waals surface area contributed by atoms with Crippen LogP contribution in [0.5, 0.6) is 0 Å². The fourth-order valence-corrected chi connectivity index (χ4v) is 4.27. The van der Waals surface area contributed by atoms with Crippen LogP contribution in [-0.4, -0.2) is 38.3 Å². The molecule has 0 saturated heterocycles. The molecule has 0 saturated carbocycles. The van der Waals surface area contributed by atoms with Crippen molar-refractivity contribution in [3.05, 3.63) is 16.8 Å². The van der Waals surface area contributed by atoms with Crippen molar-refractivity contribution in [3.8, 4) is 0 Å². The molecule has 3 N–H and O–H groups in total. The minimum atomic E-state index is -1.10. The maximum Gasteiger partial charge on any atom is 0.328 e. The maximum absolute atomic E-state index is 11.3. The van der Waals surface area contributed by atoms with E-state index in [1.165, 1.54) is 23.7 Å². The number of carboxylic acid groups (broad SMARTS) is 1. The smallest absolute Gasteiger partial charge is 0.328 e. The van der Waals surface area contributed by atoms with Gasteiger partial charge in [-0.1, -0.05) is 6.92 Å². The Morgan fingerprint density at radius 1 is 1.50 bits per heavy atom. The van der Waals surface area contributed by atoms with E-state index in [-0.39, 0.29) is 0 Å². The summed E-state index contributed by atoms with van der Waals surface area (Å²) in [6, 6.07) is -1.09. The molecule has 7 heteroatoms. The van der Waals surface area contributed by atoms with Crippen LogP contribution in [-0.2, 0) is 17.6 Å². The van der Waals surface area contributed by atoms with Gasteiger partial charge in [0.05, 0.1) is 11.5 Å². The number of aliphatic hydroxyl groups is 1. The van der Waals surface area contributed by atoms with Crippen LogP contribution in [0.3, 0.4) is 0 Å². The normalized spacial score (nSPS) is 20.4. The minimum absolute atomic E-state index is 0.505. The minimum Gasteiger partial charge on any atom is -0.480 e. The van der Waals surface area contributed by atoms with Crippen LogP contribution in [0, 0.1) is 5.92 Å². The summed E-state index contributed by atoms with van der Waals surface area (Å²) in [5, 5.41) is 22.7. The fourth-order valence-electron chi connectivity index (χ4n) is 2.92. The Morgan fingerprint density at radius 3 is 2.95 bits per heavy atom. The second-order valence-corrected chi connectivity index (χ2v) is 7.04. The van der Waals surface area contributed by atoms with Crippen molar-refractivity contribution in [2.75, 3.05) is 5.32 Å². The highest BCUT2D eigenvalue weighted by Crippen LogP contribution is 2.39. The highest BCUT2D eigenvalue weighted by Gasteiger charge is 2.27. The number of hydrogen-bond acceptors (Lipinski definition) is 6. The molecule has 0 radical (unpaired) electrons. The first kappa shape index (κ1) is 15.2. The lowest BCUT2D eigenvalue weighted by Gasteiger charge is -2.20. The SMILES string of the molecule is CC1CCc2c(sc3ncnc(NC(C(=O)O)C(C)O)c23)C1. The Hall–Kier alpha value is -1.73. The molecule has 6 nitrogen and oxygen atoms in total. The third kappa shape index (κ3) is 2.66. The van der Waals surface area contributed by atoms with E-state index >= 15 is 0 Å². The Morgan fingerprint density at radius 2 is 2.27 bits per heavy atom. The molecule has 2 aromatic rings. The Balaban J connectivity index is 2.05. The molecule has 2 aromatic heterocycles. The van der Waals surface area contributed by atoms with Crippen molar-refractivity contribution in [1.82, 2.24) is 9.97 Å². The molecule has 3 rings (SSSR count). The lowest BCUT2D eigenvalue weighted by atomic mass is 9.89. The predicted octanol–water partition coefficient (Wildman–Crippen LogP) is 2.06. The Labute approximate surface area is 132 Å².